The Morgan fingerprint density at radius 1 is 1.11 bits per heavy atom. The van der Waals surface area contributed by atoms with Crippen LogP contribution in [0, 0.1) is 5.82 Å². The molecule has 1 saturated carbocycles. The molecular formula is C19H16ClFN4O2. The SMILES string of the molecule is O=C(Nc1ccc(-c2noc(C3CCC3)n2)cc1)Nc1ccc(F)c(Cl)c1. The molecular weight excluding hydrogens is 371 g/mol. The van der Waals surface area contributed by atoms with Gasteiger partial charge >= 0.3 is 6.03 Å². The van der Waals surface area contributed by atoms with E-state index in [0.29, 0.717) is 29.0 Å². The van der Waals surface area contributed by atoms with Crippen molar-refractivity contribution in [1.29, 1.82) is 0 Å². The summed E-state index contributed by atoms with van der Waals surface area (Å²) in [6.45, 7) is 0. The number of nitrogens with zero attached hydrogens (tertiary/aromatic N) is 2. The molecule has 1 aliphatic carbocycles. The van der Waals surface area contributed by atoms with Crippen molar-refractivity contribution < 1.29 is 13.7 Å². The second kappa shape index (κ2) is 7.36. The normalized spacial score (nSPS) is 13.9. The zero-order valence-electron chi connectivity index (χ0n) is 14.2. The van der Waals surface area contributed by atoms with Crippen molar-refractivity contribution in [3.63, 3.8) is 0 Å². The van der Waals surface area contributed by atoms with Crippen molar-refractivity contribution in [2.24, 2.45) is 0 Å². The fourth-order valence-electron chi connectivity index (χ4n) is 2.74. The number of benzene rings is 2. The number of carbonyl (C=O) groups excluding carboxylic acids is 1. The van der Waals surface area contributed by atoms with Crippen LogP contribution in [-0.2, 0) is 0 Å². The van der Waals surface area contributed by atoms with Gasteiger partial charge in [0.15, 0.2) is 0 Å². The van der Waals surface area contributed by atoms with Gasteiger partial charge in [-0.05, 0) is 55.3 Å². The predicted octanol–water partition coefficient (Wildman–Crippen LogP) is 5.44. The van der Waals surface area contributed by atoms with Gasteiger partial charge in [0.05, 0.1) is 5.02 Å². The molecule has 1 fully saturated rings. The molecule has 1 aliphatic rings. The molecule has 0 saturated heterocycles. The van der Waals surface area contributed by atoms with Crippen molar-refractivity contribution in [1.82, 2.24) is 10.1 Å². The molecule has 0 radical (unpaired) electrons. The lowest BCUT2D eigenvalue weighted by Gasteiger charge is -2.20. The predicted molar refractivity (Wildman–Crippen MR) is 100 cm³/mol. The van der Waals surface area contributed by atoms with Crippen LogP contribution in [0.2, 0.25) is 5.02 Å². The average molecular weight is 387 g/mol. The highest BCUT2D eigenvalue weighted by atomic mass is 35.5. The van der Waals surface area contributed by atoms with Crippen LogP contribution in [0.3, 0.4) is 0 Å². The fourth-order valence-corrected chi connectivity index (χ4v) is 2.92. The highest BCUT2D eigenvalue weighted by Crippen LogP contribution is 2.36. The largest absolute Gasteiger partial charge is 0.339 e. The van der Waals surface area contributed by atoms with E-state index in [4.69, 9.17) is 16.1 Å². The van der Waals surface area contributed by atoms with Crippen LogP contribution in [0.1, 0.15) is 31.1 Å². The molecule has 8 heteroatoms. The quantitative estimate of drug-likeness (QED) is 0.625. The Morgan fingerprint density at radius 3 is 2.48 bits per heavy atom. The Morgan fingerprint density at radius 2 is 1.81 bits per heavy atom. The van der Waals surface area contributed by atoms with E-state index in [0.717, 1.165) is 18.4 Å². The number of nitrogens with one attached hydrogen (secondary N) is 2. The minimum absolute atomic E-state index is 0.0569. The number of halogens is 2. The van der Waals surface area contributed by atoms with E-state index in [-0.39, 0.29) is 5.02 Å². The van der Waals surface area contributed by atoms with Gasteiger partial charge in [-0.1, -0.05) is 23.2 Å². The second-order valence-electron chi connectivity index (χ2n) is 6.37. The van der Waals surface area contributed by atoms with Gasteiger partial charge in [0.25, 0.3) is 0 Å². The van der Waals surface area contributed by atoms with Crippen LogP contribution < -0.4 is 10.6 Å². The monoisotopic (exact) mass is 386 g/mol. The number of hydrogen-bond donors (Lipinski definition) is 2. The summed E-state index contributed by atoms with van der Waals surface area (Å²) < 4.78 is 18.5. The first-order valence-corrected chi connectivity index (χ1v) is 8.93. The second-order valence-corrected chi connectivity index (χ2v) is 6.78. The maximum atomic E-state index is 13.2. The highest BCUT2D eigenvalue weighted by molar-refractivity contribution is 6.31. The Hall–Kier alpha value is -2.93. The molecule has 0 spiro atoms. The molecule has 2 amide bonds. The van der Waals surface area contributed by atoms with Crippen molar-refractivity contribution in [3.05, 3.63) is 59.2 Å². The van der Waals surface area contributed by atoms with Crippen LogP contribution in [0.5, 0.6) is 0 Å². The van der Waals surface area contributed by atoms with Crippen LogP contribution in [0.4, 0.5) is 20.6 Å². The summed E-state index contributed by atoms with van der Waals surface area (Å²) in [6, 6.07) is 10.6. The number of anilines is 2. The van der Waals surface area contributed by atoms with E-state index >= 15 is 0 Å². The standard InChI is InChI=1S/C19H16ClFN4O2/c20-15-10-14(8-9-16(15)21)23-19(26)22-13-6-4-11(5-7-13)17-24-18(27-25-17)12-2-1-3-12/h4-10,12H,1-3H2,(H2,22,23,26). The molecule has 1 aromatic heterocycles. The third-order valence-electron chi connectivity index (χ3n) is 4.47. The molecule has 138 valence electrons. The van der Waals surface area contributed by atoms with Crippen molar-refractivity contribution in [2.45, 2.75) is 25.2 Å². The fraction of sp³-hybridized carbons (Fsp3) is 0.211. The Bertz CT molecular complexity index is 970. The lowest BCUT2D eigenvalue weighted by molar-refractivity contribution is 0.262. The first-order chi connectivity index (χ1) is 13.1. The Balaban J connectivity index is 1.39. The van der Waals surface area contributed by atoms with E-state index in [9.17, 15) is 9.18 Å². The van der Waals surface area contributed by atoms with Gasteiger partial charge in [-0.25, -0.2) is 9.18 Å². The van der Waals surface area contributed by atoms with Crippen LogP contribution in [-0.4, -0.2) is 16.2 Å². The number of carbonyl (C=O) groups is 1. The van der Waals surface area contributed by atoms with Gasteiger partial charge in [0, 0.05) is 22.9 Å². The topological polar surface area (TPSA) is 80.1 Å². The molecule has 1 heterocycles. The smallest absolute Gasteiger partial charge is 0.323 e. The summed E-state index contributed by atoms with van der Waals surface area (Å²) in [5.41, 5.74) is 1.79. The number of rotatable bonds is 4. The lowest BCUT2D eigenvalue weighted by Crippen LogP contribution is -2.19. The summed E-state index contributed by atoms with van der Waals surface area (Å²) in [5.74, 6) is 1.07. The summed E-state index contributed by atoms with van der Waals surface area (Å²) in [6.07, 6.45) is 3.40. The maximum absolute atomic E-state index is 13.2. The van der Waals surface area contributed by atoms with Crippen molar-refractivity contribution >= 4 is 29.0 Å². The summed E-state index contributed by atoms with van der Waals surface area (Å²) in [4.78, 5) is 16.5. The Kier molecular flexibility index (Phi) is 4.77. The maximum Gasteiger partial charge on any atom is 0.323 e. The summed E-state index contributed by atoms with van der Waals surface area (Å²) in [7, 11) is 0. The van der Waals surface area contributed by atoms with E-state index in [2.05, 4.69) is 20.8 Å². The van der Waals surface area contributed by atoms with Crippen LogP contribution >= 0.6 is 11.6 Å². The van der Waals surface area contributed by atoms with Gasteiger partial charge in [0.1, 0.15) is 5.82 Å². The molecule has 6 nitrogen and oxygen atoms in total. The molecule has 0 bridgehead atoms. The molecule has 27 heavy (non-hydrogen) atoms. The highest BCUT2D eigenvalue weighted by Gasteiger charge is 2.25. The average Bonchev–Trinajstić information content (AvgIpc) is 3.06. The van der Waals surface area contributed by atoms with Crippen LogP contribution in [0.25, 0.3) is 11.4 Å². The minimum Gasteiger partial charge on any atom is -0.339 e. The van der Waals surface area contributed by atoms with Crippen LogP contribution in [0.15, 0.2) is 47.0 Å². The van der Waals surface area contributed by atoms with Gasteiger partial charge in [-0.3, -0.25) is 0 Å². The Labute approximate surface area is 159 Å². The molecule has 4 rings (SSSR count). The molecule has 0 unspecified atom stereocenters. The van der Waals surface area contributed by atoms with Crippen molar-refractivity contribution in [2.75, 3.05) is 10.6 Å². The number of amides is 2. The zero-order chi connectivity index (χ0) is 18.8. The first-order valence-electron chi connectivity index (χ1n) is 8.55. The van der Waals surface area contributed by atoms with Gasteiger partial charge in [-0.15, -0.1) is 0 Å². The van der Waals surface area contributed by atoms with E-state index in [1.807, 2.05) is 0 Å². The minimum atomic E-state index is -0.542. The van der Waals surface area contributed by atoms with E-state index in [1.54, 1.807) is 24.3 Å². The van der Waals surface area contributed by atoms with Gasteiger partial charge in [-0.2, -0.15) is 4.98 Å². The molecule has 2 N–H and O–H groups in total. The third kappa shape index (κ3) is 3.93. The third-order valence-corrected chi connectivity index (χ3v) is 4.76. The van der Waals surface area contributed by atoms with E-state index in [1.165, 1.54) is 24.6 Å². The van der Waals surface area contributed by atoms with E-state index < -0.39 is 11.8 Å². The first kappa shape index (κ1) is 17.5. The van der Waals surface area contributed by atoms with Gasteiger partial charge in [0.2, 0.25) is 11.7 Å². The lowest BCUT2D eigenvalue weighted by atomic mass is 9.85. The van der Waals surface area contributed by atoms with Gasteiger partial charge < -0.3 is 15.2 Å². The molecule has 0 aliphatic heterocycles. The molecule has 3 aromatic rings. The number of hydrogen-bond acceptors (Lipinski definition) is 4. The van der Waals surface area contributed by atoms with Crippen molar-refractivity contribution in [3.8, 4) is 11.4 Å². The molecule has 0 atom stereocenters. The number of aromatic nitrogens is 2. The number of urea groups is 1. The molecule has 2 aromatic carbocycles. The summed E-state index contributed by atoms with van der Waals surface area (Å²) in [5, 5.41) is 9.25. The zero-order valence-corrected chi connectivity index (χ0v) is 15.0. The summed E-state index contributed by atoms with van der Waals surface area (Å²) >= 11 is 5.70.